The van der Waals surface area contributed by atoms with Gasteiger partial charge in [0, 0.05) is 12.6 Å². The molecule has 40 heavy (non-hydrogen) atoms. The highest BCUT2D eigenvalue weighted by Crippen LogP contribution is 2.32. The van der Waals surface area contributed by atoms with Gasteiger partial charge in [0.05, 0.1) is 27.6 Å². The summed E-state index contributed by atoms with van der Waals surface area (Å²) in [4.78, 5) is 28.4. The second-order valence-electron chi connectivity index (χ2n) is 9.86. The molecule has 0 bridgehead atoms. The average molecular weight is 623 g/mol. The molecule has 0 saturated heterocycles. The summed E-state index contributed by atoms with van der Waals surface area (Å²) in [6.07, 6.45) is 0.990. The van der Waals surface area contributed by atoms with Gasteiger partial charge in [0.1, 0.15) is 12.6 Å². The summed E-state index contributed by atoms with van der Waals surface area (Å²) in [5, 5.41) is 3.53. The van der Waals surface area contributed by atoms with Crippen LogP contribution in [0.25, 0.3) is 0 Å². The van der Waals surface area contributed by atoms with E-state index >= 15 is 0 Å². The molecule has 0 aromatic heterocycles. The van der Waals surface area contributed by atoms with Gasteiger partial charge >= 0.3 is 6.18 Å². The van der Waals surface area contributed by atoms with Gasteiger partial charge in [-0.25, -0.2) is 8.42 Å². The largest absolute Gasteiger partial charge is 0.416 e. The molecular formula is C27H32Cl2F3N3O4S. The number of hydrogen-bond donors (Lipinski definition) is 1. The maximum absolute atomic E-state index is 13.8. The number of carbonyl (C=O) groups excluding carboxylic acids is 2. The van der Waals surface area contributed by atoms with E-state index in [2.05, 4.69) is 5.32 Å². The van der Waals surface area contributed by atoms with Crippen molar-refractivity contribution in [3.05, 3.63) is 63.6 Å². The predicted molar refractivity (Wildman–Crippen MR) is 150 cm³/mol. The lowest BCUT2D eigenvalue weighted by Gasteiger charge is -2.34. The zero-order valence-electron chi connectivity index (χ0n) is 22.2. The van der Waals surface area contributed by atoms with Crippen LogP contribution in [0.3, 0.4) is 0 Å². The topological polar surface area (TPSA) is 86.8 Å². The van der Waals surface area contributed by atoms with Crippen LogP contribution in [-0.2, 0) is 32.3 Å². The Labute approximate surface area is 242 Å². The Kier molecular flexibility index (Phi) is 10.8. The second-order valence-corrected chi connectivity index (χ2v) is 12.6. The molecule has 0 heterocycles. The normalized spacial score (nSPS) is 15.4. The van der Waals surface area contributed by atoms with E-state index in [4.69, 9.17) is 23.2 Å². The molecule has 1 aliphatic carbocycles. The van der Waals surface area contributed by atoms with E-state index < -0.39 is 40.3 Å². The lowest BCUT2D eigenvalue weighted by atomic mass is 9.95. The second kappa shape index (κ2) is 13.4. The number of nitrogens with one attached hydrogen (secondary N) is 1. The monoisotopic (exact) mass is 621 g/mol. The van der Waals surface area contributed by atoms with Crippen molar-refractivity contribution in [2.75, 3.05) is 17.1 Å². The fraction of sp³-hybridized carbons (Fsp3) is 0.481. The van der Waals surface area contributed by atoms with Crippen molar-refractivity contribution >= 4 is 50.7 Å². The quantitative estimate of drug-likeness (QED) is 0.351. The fourth-order valence-electron chi connectivity index (χ4n) is 4.75. The van der Waals surface area contributed by atoms with Crippen LogP contribution < -0.4 is 9.62 Å². The molecular weight excluding hydrogens is 590 g/mol. The van der Waals surface area contributed by atoms with Crippen LogP contribution in [0.15, 0.2) is 42.5 Å². The van der Waals surface area contributed by atoms with Gasteiger partial charge < -0.3 is 10.2 Å². The van der Waals surface area contributed by atoms with Crippen molar-refractivity contribution in [3.8, 4) is 0 Å². The van der Waals surface area contributed by atoms with Crippen molar-refractivity contribution in [2.45, 2.75) is 70.3 Å². The molecule has 1 fully saturated rings. The Bertz CT molecular complexity index is 1320. The maximum atomic E-state index is 13.8. The Balaban J connectivity index is 1.97. The molecule has 1 N–H and O–H groups in total. The number of anilines is 1. The molecule has 3 rings (SSSR count). The maximum Gasteiger partial charge on any atom is 0.416 e. The Hall–Kier alpha value is -2.50. The fourth-order valence-corrected chi connectivity index (χ4v) is 5.91. The van der Waals surface area contributed by atoms with Crippen molar-refractivity contribution in [2.24, 2.45) is 0 Å². The van der Waals surface area contributed by atoms with Gasteiger partial charge in [-0.3, -0.25) is 13.9 Å². The van der Waals surface area contributed by atoms with Crippen molar-refractivity contribution in [1.29, 1.82) is 0 Å². The first-order valence-corrected chi connectivity index (χ1v) is 15.5. The van der Waals surface area contributed by atoms with Gasteiger partial charge in [-0.15, -0.1) is 0 Å². The number of benzene rings is 2. The highest BCUT2D eigenvalue weighted by Gasteiger charge is 2.35. The zero-order chi connectivity index (χ0) is 29.7. The molecule has 2 aromatic carbocycles. The van der Waals surface area contributed by atoms with Crippen LogP contribution >= 0.6 is 23.2 Å². The van der Waals surface area contributed by atoms with E-state index in [0.717, 1.165) is 50.5 Å². The summed E-state index contributed by atoms with van der Waals surface area (Å²) in [5.74, 6) is -1.15. The van der Waals surface area contributed by atoms with E-state index in [9.17, 15) is 31.2 Å². The molecule has 0 aliphatic heterocycles. The molecule has 0 unspecified atom stereocenters. The molecule has 2 amide bonds. The van der Waals surface area contributed by atoms with E-state index in [0.29, 0.717) is 15.9 Å². The standard InChI is InChI=1S/C27H32Cl2F3N3O4S/c1-3-24(26(37)33-20-9-5-4-6-10-20)34(16-18-12-13-22(28)23(29)14-18)25(36)17-35(40(2,38)39)21-11-7-8-19(15-21)27(30,31)32/h7-8,11-15,20,24H,3-6,9-10,16-17H2,1-2H3,(H,33,37)/t24-/m0/s1. The molecule has 1 atom stereocenters. The lowest BCUT2D eigenvalue weighted by molar-refractivity contribution is -0.140. The summed E-state index contributed by atoms with van der Waals surface area (Å²) >= 11 is 12.2. The predicted octanol–water partition coefficient (Wildman–Crippen LogP) is 6.03. The molecule has 1 aliphatic rings. The average Bonchev–Trinajstić information content (AvgIpc) is 2.88. The molecule has 13 heteroatoms. The molecule has 7 nitrogen and oxygen atoms in total. The molecule has 2 aromatic rings. The van der Waals surface area contributed by atoms with E-state index in [1.807, 2.05) is 0 Å². The number of halogens is 5. The van der Waals surface area contributed by atoms with Crippen LogP contribution in [0.2, 0.25) is 10.0 Å². The third-order valence-corrected chi connectivity index (χ3v) is 8.69. The van der Waals surface area contributed by atoms with Crippen molar-refractivity contribution in [3.63, 3.8) is 0 Å². The van der Waals surface area contributed by atoms with E-state index in [1.165, 1.54) is 23.1 Å². The minimum Gasteiger partial charge on any atom is -0.352 e. The number of amides is 2. The van der Waals surface area contributed by atoms with Gasteiger partial charge in [-0.05, 0) is 55.2 Å². The van der Waals surface area contributed by atoms with Gasteiger partial charge in [-0.2, -0.15) is 13.2 Å². The minimum absolute atomic E-state index is 0.0325. The van der Waals surface area contributed by atoms with E-state index in [1.54, 1.807) is 13.0 Å². The first-order chi connectivity index (χ1) is 18.7. The Morgan fingerprint density at radius 1 is 1.05 bits per heavy atom. The number of alkyl halides is 3. The van der Waals surface area contributed by atoms with Gasteiger partial charge in [-0.1, -0.05) is 61.5 Å². The van der Waals surface area contributed by atoms with Gasteiger partial charge in [0.15, 0.2) is 0 Å². The first kappa shape index (κ1) is 32.0. The summed E-state index contributed by atoms with van der Waals surface area (Å²) in [6, 6.07) is 7.44. The summed E-state index contributed by atoms with van der Waals surface area (Å²) in [7, 11) is -4.19. The third kappa shape index (κ3) is 8.50. The lowest BCUT2D eigenvalue weighted by Crippen LogP contribution is -2.54. The number of hydrogen-bond acceptors (Lipinski definition) is 4. The van der Waals surface area contributed by atoms with Crippen LogP contribution in [-0.4, -0.2) is 50.0 Å². The third-order valence-electron chi connectivity index (χ3n) is 6.82. The smallest absolute Gasteiger partial charge is 0.352 e. The van der Waals surface area contributed by atoms with Crippen molar-refractivity contribution < 1.29 is 31.2 Å². The van der Waals surface area contributed by atoms with Crippen LogP contribution in [0.4, 0.5) is 18.9 Å². The Morgan fingerprint density at radius 3 is 2.30 bits per heavy atom. The van der Waals surface area contributed by atoms with Crippen LogP contribution in [0.5, 0.6) is 0 Å². The van der Waals surface area contributed by atoms with Crippen LogP contribution in [0.1, 0.15) is 56.6 Å². The first-order valence-electron chi connectivity index (χ1n) is 12.9. The van der Waals surface area contributed by atoms with Crippen LogP contribution in [0, 0.1) is 0 Å². The molecule has 1 saturated carbocycles. The number of rotatable bonds is 10. The van der Waals surface area contributed by atoms with Gasteiger partial charge in [0.25, 0.3) is 0 Å². The number of sulfonamides is 1. The molecule has 0 radical (unpaired) electrons. The zero-order valence-corrected chi connectivity index (χ0v) is 24.5. The SMILES string of the molecule is CC[C@@H](C(=O)NC1CCCCC1)N(Cc1ccc(Cl)c(Cl)c1)C(=O)CN(c1cccc(C(F)(F)F)c1)S(C)(=O)=O. The van der Waals surface area contributed by atoms with E-state index in [-0.39, 0.29) is 40.6 Å². The summed E-state index contributed by atoms with van der Waals surface area (Å²) in [6.45, 7) is 0.808. The molecule has 0 spiro atoms. The highest BCUT2D eigenvalue weighted by molar-refractivity contribution is 7.92. The van der Waals surface area contributed by atoms with Crippen molar-refractivity contribution in [1.82, 2.24) is 10.2 Å². The van der Waals surface area contributed by atoms with Gasteiger partial charge in [0.2, 0.25) is 21.8 Å². The Morgan fingerprint density at radius 2 is 1.73 bits per heavy atom. The summed E-state index contributed by atoms with van der Waals surface area (Å²) in [5.41, 5.74) is -0.839. The minimum atomic E-state index is -4.71. The number of nitrogens with zero attached hydrogens (tertiary/aromatic N) is 2. The molecule has 220 valence electrons. The highest BCUT2D eigenvalue weighted by atomic mass is 35.5. The number of carbonyl (C=O) groups is 2. The summed E-state index contributed by atoms with van der Waals surface area (Å²) < 4.78 is 66.0.